The molecule has 0 unspecified atom stereocenters. The lowest BCUT2D eigenvalue weighted by Gasteiger charge is -2.28. The monoisotopic (exact) mass is 907 g/mol. The van der Waals surface area contributed by atoms with Gasteiger partial charge in [-0.25, -0.2) is 4.79 Å². The van der Waals surface area contributed by atoms with Crippen molar-refractivity contribution < 1.29 is 42.0 Å². The van der Waals surface area contributed by atoms with E-state index in [0.29, 0.717) is 10.8 Å². The van der Waals surface area contributed by atoms with Gasteiger partial charge in [-0.15, -0.1) is 0 Å². The van der Waals surface area contributed by atoms with E-state index in [0.717, 1.165) is 0 Å². The minimum atomic E-state index is -4.67. The summed E-state index contributed by atoms with van der Waals surface area (Å²) in [5.74, 6) is -1.06. The summed E-state index contributed by atoms with van der Waals surface area (Å²) < 4.78 is 31.6. The number of amides is 4. The van der Waals surface area contributed by atoms with E-state index in [1.165, 1.54) is 43.8 Å². The Bertz CT molecular complexity index is 2180. The van der Waals surface area contributed by atoms with Crippen molar-refractivity contribution >= 4 is 81.6 Å². The lowest BCUT2D eigenvalue weighted by molar-refractivity contribution is -0.125. The second kappa shape index (κ2) is 23.8. The third-order valence-corrected chi connectivity index (χ3v) is 14.2. The van der Waals surface area contributed by atoms with Crippen LogP contribution in [0.3, 0.4) is 0 Å². The summed E-state index contributed by atoms with van der Waals surface area (Å²) in [5.41, 5.74) is 5.52. The van der Waals surface area contributed by atoms with E-state index in [1.807, 2.05) is 0 Å². The Morgan fingerprint density at radius 1 is 0.667 bits per heavy atom. The van der Waals surface area contributed by atoms with Crippen molar-refractivity contribution in [3.63, 3.8) is 0 Å². The smallest absolute Gasteiger partial charge is 0.386 e. The minimum Gasteiger partial charge on any atom is -0.386 e. The maximum atomic E-state index is 11.7. The van der Waals surface area contributed by atoms with E-state index in [4.69, 9.17) is 28.1 Å². The molecule has 2 bridgehead atoms. The molecule has 0 aliphatic carbocycles. The standard InChI is InChI=1S/2C18H15P.C10H15N5O5.H2O4S/c2*1-4-10-16(11-5-1)19(17-12-6-2-7-13-17)18-14-8-3-9-15-18;1-12-8(16)4-20-13-5-2-6(9(11)17)14-3-7(5)15(19)10(14)18;1-5(2,3)4/h2*1-15H;6-7,19H,2-4H2,1H3,(H2,11,17)(H,12,16);(H2,1,2,3,4)/t;;6-,7-;/m..0./s1. The maximum absolute atomic E-state index is 11.7. The van der Waals surface area contributed by atoms with Crippen LogP contribution in [0.15, 0.2) is 187 Å². The highest BCUT2D eigenvalue weighted by molar-refractivity contribution is 7.80. The fraction of sp³-hybridized carbons (Fsp3) is 0.130. The first kappa shape index (κ1) is 47.7. The molecule has 326 valence electrons. The number of nitrogens with zero attached hydrogens (tertiary/aromatic N) is 3. The molecule has 6 aromatic rings. The summed E-state index contributed by atoms with van der Waals surface area (Å²) in [6.07, 6.45) is 0.0660. The lowest BCUT2D eigenvalue weighted by atomic mass is 9.98. The summed E-state index contributed by atoms with van der Waals surface area (Å²) in [6.45, 7) is -0.192. The van der Waals surface area contributed by atoms with E-state index in [-0.39, 0.29) is 25.5 Å². The maximum Gasteiger partial charge on any atom is 0.394 e. The molecule has 0 aromatic heterocycles. The molecule has 0 spiro atoms. The Hall–Kier alpha value is -6.31. The number of fused-ring (bicyclic) bond motifs is 2. The lowest BCUT2D eigenvalue weighted by Crippen LogP contribution is -2.51. The van der Waals surface area contributed by atoms with Crippen molar-refractivity contribution in [1.29, 1.82) is 0 Å². The van der Waals surface area contributed by atoms with Gasteiger partial charge in [0.05, 0.1) is 12.3 Å². The van der Waals surface area contributed by atoms with Gasteiger partial charge in [0.15, 0.2) is 6.61 Å². The van der Waals surface area contributed by atoms with Gasteiger partial charge in [-0.05, 0) is 47.7 Å². The number of rotatable bonds is 10. The molecule has 2 fully saturated rings. The van der Waals surface area contributed by atoms with E-state index >= 15 is 0 Å². The van der Waals surface area contributed by atoms with Crippen molar-refractivity contribution in [3.05, 3.63) is 182 Å². The van der Waals surface area contributed by atoms with Crippen molar-refractivity contribution in [1.82, 2.24) is 15.3 Å². The molecule has 17 heteroatoms. The van der Waals surface area contributed by atoms with Gasteiger partial charge in [-0.1, -0.05) is 187 Å². The second-order valence-corrected chi connectivity index (χ2v) is 18.9. The molecule has 2 atom stereocenters. The number of hydroxylamine groups is 2. The summed E-state index contributed by atoms with van der Waals surface area (Å²) in [5, 5.41) is 24.6. The number of nitrogens with two attached hydrogens (primary N) is 1. The van der Waals surface area contributed by atoms with Crippen LogP contribution >= 0.6 is 15.8 Å². The molecule has 0 saturated carbocycles. The Balaban J connectivity index is 0.000000169. The van der Waals surface area contributed by atoms with E-state index < -0.39 is 50.3 Å². The zero-order chi connectivity index (χ0) is 45.2. The summed E-state index contributed by atoms with van der Waals surface area (Å²) in [7, 11) is -4.11. The molecular formula is C46H47N5O9P2S. The summed E-state index contributed by atoms with van der Waals surface area (Å²) >= 11 is 0. The van der Waals surface area contributed by atoms with Crippen LogP contribution in [0.25, 0.3) is 0 Å². The van der Waals surface area contributed by atoms with E-state index in [2.05, 4.69) is 192 Å². The Labute approximate surface area is 369 Å². The number of primary amides is 1. The number of carbonyl (C=O) groups is 3. The van der Waals surface area contributed by atoms with Crippen molar-refractivity contribution in [2.75, 3.05) is 20.2 Å². The van der Waals surface area contributed by atoms with Gasteiger partial charge in [-0.3, -0.25) is 23.9 Å². The number of piperidine rings is 1. The molecule has 0 radical (unpaired) electrons. The third kappa shape index (κ3) is 14.4. The zero-order valence-corrected chi connectivity index (χ0v) is 36.7. The number of urea groups is 1. The first-order valence-corrected chi connectivity index (χ1v) is 23.5. The first-order chi connectivity index (χ1) is 30.4. The highest BCUT2D eigenvalue weighted by Crippen LogP contribution is 2.33. The van der Waals surface area contributed by atoms with Crippen LogP contribution in [0, 0.1) is 0 Å². The number of hydrogen-bond donors (Lipinski definition) is 5. The van der Waals surface area contributed by atoms with Gasteiger partial charge in [0.1, 0.15) is 12.1 Å². The minimum absolute atomic E-state index is 0.0660. The SMILES string of the molecule is CNC(=O)CON=C1C[C@@H](C(N)=O)N2C[C@@H]1N(O)C2=O.O=S(=O)(O)O.c1ccc(P(c2ccccc2)c2ccccc2)cc1.c1ccc(P(c2ccccc2)c2ccccc2)cc1. The van der Waals surface area contributed by atoms with Crippen LogP contribution in [0.1, 0.15) is 6.42 Å². The average molecular weight is 908 g/mol. The van der Waals surface area contributed by atoms with Gasteiger partial charge in [0.25, 0.3) is 5.91 Å². The van der Waals surface area contributed by atoms with E-state index in [9.17, 15) is 19.6 Å². The van der Waals surface area contributed by atoms with Gasteiger partial charge >= 0.3 is 16.4 Å². The summed E-state index contributed by atoms with van der Waals surface area (Å²) in [6, 6.07) is 62.4. The van der Waals surface area contributed by atoms with Crippen molar-refractivity contribution in [2.24, 2.45) is 10.9 Å². The van der Waals surface area contributed by atoms with E-state index in [1.54, 1.807) is 0 Å². The normalized spacial score (nSPS) is 15.8. The van der Waals surface area contributed by atoms with Gasteiger partial charge in [-0.2, -0.15) is 13.5 Å². The predicted octanol–water partition coefficient (Wildman–Crippen LogP) is 4.09. The number of likely N-dealkylation sites (N-methyl/N-ethyl adjacent to an activating group) is 1. The van der Waals surface area contributed by atoms with Gasteiger partial charge in [0, 0.05) is 13.5 Å². The first-order valence-electron chi connectivity index (χ1n) is 19.4. The average Bonchev–Trinajstić information content (AvgIpc) is 3.54. The largest absolute Gasteiger partial charge is 0.394 e. The fourth-order valence-electron chi connectivity index (χ4n) is 6.51. The Morgan fingerprint density at radius 3 is 1.24 bits per heavy atom. The molecule has 6 N–H and O–H groups in total. The highest BCUT2D eigenvalue weighted by Gasteiger charge is 2.50. The molecule has 63 heavy (non-hydrogen) atoms. The molecule has 6 aromatic carbocycles. The quantitative estimate of drug-likeness (QED) is 0.0579. The third-order valence-electron chi connectivity index (χ3n) is 9.34. The Kier molecular flexibility index (Phi) is 18.0. The number of nitrogens with one attached hydrogen (secondary N) is 1. The topological polar surface area (TPSA) is 212 Å². The number of benzene rings is 6. The molecule has 14 nitrogen and oxygen atoms in total. The number of oxime groups is 1. The Morgan fingerprint density at radius 2 is 0.968 bits per heavy atom. The van der Waals surface area contributed by atoms with Gasteiger partial charge in [0.2, 0.25) is 5.91 Å². The van der Waals surface area contributed by atoms with Crippen molar-refractivity contribution in [2.45, 2.75) is 18.5 Å². The van der Waals surface area contributed by atoms with Crippen LogP contribution < -0.4 is 42.9 Å². The molecule has 2 heterocycles. The van der Waals surface area contributed by atoms with Crippen molar-refractivity contribution in [3.8, 4) is 0 Å². The molecule has 2 aliphatic heterocycles. The van der Waals surface area contributed by atoms with Crippen LogP contribution in [-0.4, -0.2) is 88.5 Å². The summed E-state index contributed by atoms with van der Waals surface area (Å²) in [4.78, 5) is 40.1. The number of carbonyl (C=O) groups excluding carboxylic acids is 3. The second-order valence-electron chi connectivity index (χ2n) is 13.6. The van der Waals surface area contributed by atoms with Gasteiger partial charge < -0.3 is 20.8 Å². The van der Waals surface area contributed by atoms with Crippen LogP contribution in [0.2, 0.25) is 0 Å². The molecular weight excluding hydrogens is 861 g/mol. The molecule has 8 rings (SSSR count). The highest BCUT2D eigenvalue weighted by atomic mass is 32.3. The molecule has 2 saturated heterocycles. The zero-order valence-electron chi connectivity index (χ0n) is 34.1. The fourth-order valence-corrected chi connectivity index (χ4v) is 11.1. The molecule has 4 amide bonds. The predicted molar refractivity (Wildman–Crippen MR) is 249 cm³/mol. The molecule has 2 aliphatic rings. The van der Waals surface area contributed by atoms with Crippen LogP contribution in [0.5, 0.6) is 0 Å². The van der Waals surface area contributed by atoms with Crippen LogP contribution in [-0.2, 0) is 24.8 Å². The van der Waals surface area contributed by atoms with Crippen LogP contribution in [0.4, 0.5) is 4.79 Å². The number of hydrogen-bond acceptors (Lipinski definition) is 8.